The van der Waals surface area contributed by atoms with Crippen LogP contribution in [0.25, 0.3) is 0 Å². The Labute approximate surface area is 108 Å². The van der Waals surface area contributed by atoms with Crippen LogP contribution >= 0.6 is 0 Å². The van der Waals surface area contributed by atoms with Crippen LogP contribution in [0.1, 0.15) is 32.3 Å². The van der Waals surface area contributed by atoms with Crippen LogP contribution in [0.2, 0.25) is 0 Å². The monoisotopic (exact) mass is 248 g/mol. The molecule has 2 rings (SSSR count). The molecule has 1 aliphatic rings. The predicted molar refractivity (Wildman–Crippen MR) is 69.0 cm³/mol. The van der Waals surface area contributed by atoms with Crippen molar-refractivity contribution in [1.29, 1.82) is 0 Å². The first-order valence-electron chi connectivity index (χ1n) is 6.39. The highest BCUT2D eigenvalue weighted by molar-refractivity contribution is 5.77. The van der Waals surface area contributed by atoms with Gasteiger partial charge in [-0.1, -0.05) is 0 Å². The summed E-state index contributed by atoms with van der Waals surface area (Å²) in [5, 5.41) is 9.86. The zero-order chi connectivity index (χ0) is 13.2. The third kappa shape index (κ3) is 2.53. The van der Waals surface area contributed by atoms with E-state index in [1.165, 1.54) is 0 Å². The molecule has 1 aromatic rings. The molecule has 4 heteroatoms. The van der Waals surface area contributed by atoms with Gasteiger partial charge in [0.15, 0.2) is 0 Å². The van der Waals surface area contributed by atoms with E-state index < -0.39 is 11.6 Å². The fourth-order valence-electron chi connectivity index (χ4n) is 2.45. The Bertz CT molecular complexity index is 417. The maximum absolute atomic E-state index is 12.2. The minimum Gasteiger partial charge on any atom is -0.391 e. The van der Waals surface area contributed by atoms with Gasteiger partial charge < -0.3 is 10.0 Å². The largest absolute Gasteiger partial charge is 0.391 e. The summed E-state index contributed by atoms with van der Waals surface area (Å²) in [7, 11) is 0. The van der Waals surface area contributed by atoms with Gasteiger partial charge in [-0.25, -0.2) is 0 Å². The van der Waals surface area contributed by atoms with E-state index in [4.69, 9.17) is 0 Å². The van der Waals surface area contributed by atoms with E-state index in [0.717, 1.165) is 12.0 Å². The molecule has 1 aliphatic heterocycles. The molecule has 0 aliphatic carbocycles. The maximum Gasteiger partial charge on any atom is 0.223 e. The van der Waals surface area contributed by atoms with Crippen molar-refractivity contribution in [3.63, 3.8) is 0 Å². The molecule has 98 valence electrons. The van der Waals surface area contributed by atoms with Crippen LogP contribution in [0.15, 0.2) is 24.5 Å². The van der Waals surface area contributed by atoms with Crippen molar-refractivity contribution in [3.05, 3.63) is 30.1 Å². The van der Waals surface area contributed by atoms with E-state index in [1.54, 1.807) is 17.3 Å². The molecule has 0 radical (unpaired) electrons. The molecule has 0 aromatic carbocycles. The highest BCUT2D eigenvalue weighted by Crippen LogP contribution is 2.29. The van der Waals surface area contributed by atoms with Crippen molar-refractivity contribution in [2.45, 2.75) is 44.8 Å². The molecule has 0 saturated carbocycles. The van der Waals surface area contributed by atoms with Crippen LogP contribution in [-0.4, -0.2) is 39.1 Å². The third-order valence-corrected chi connectivity index (χ3v) is 3.82. The molecule has 1 aromatic heterocycles. The van der Waals surface area contributed by atoms with E-state index in [1.807, 2.05) is 26.0 Å². The normalized spacial score (nSPS) is 22.2. The van der Waals surface area contributed by atoms with Gasteiger partial charge in [-0.2, -0.15) is 0 Å². The second kappa shape index (κ2) is 5.06. The van der Waals surface area contributed by atoms with E-state index in [-0.39, 0.29) is 5.91 Å². The van der Waals surface area contributed by atoms with Gasteiger partial charge in [-0.15, -0.1) is 0 Å². The molecule has 0 spiro atoms. The SMILES string of the molecule is CC1(C)C(O)CCN1C(=O)CCc1ccncc1. The van der Waals surface area contributed by atoms with E-state index in [2.05, 4.69) is 4.98 Å². The number of amides is 1. The zero-order valence-electron chi connectivity index (χ0n) is 11.0. The van der Waals surface area contributed by atoms with Gasteiger partial charge in [0.2, 0.25) is 5.91 Å². The van der Waals surface area contributed by atoms with E-state index >= 15 is 0 Å². The van der Waals surface area contributed by atoms with Crippen LogP contribution in [0.3, 0.4) is 0 Å². The number of hydrogen-bond acceptors (Lipinski definition) is 3. The molecule has 1 unspecified atom stereocenters. The molecule has 1 saturated heterocycles. The molecule has 18 heavy (non-hydrogen) atoms. The third-order valence-electron chi connectivity index (χ3n) is 3.82. The first-order valence-corrected chi connectivity index (χ1v) is 6.39. The Kier molecular flexibility index (Phi) is 3.66. The van der Waals surface area contributed by atoms with Crippen molar-refractivity contribution in [3.8, 4) is 0 Å². The number of aliphatic hydroxyl groups is 1. The minimum absolute atomic E-state index is 0.119. The molecule has 1 fully saturated rings. The standard InChI is InChI=1S/C14H20N2O2/c1-14(2)12(17)7-10-16(14)13(18)4-3-11-5-8-15-9-6-11/h5-6,8-9,12,17H,3-4,7,10H2,1-2H3. The summed E-state index contributed by atoms with van der Waals surface area (Å²) in [5.74, 6) is 0.119. The van der Waals surface area contributed by atoms with Crippen LogP contribution < -0.4 is 0 Å². The Morgan fingerprint density at radius 1 is 1.50 bits per heavy atom. The summed E-state index contributed by atoms with van der Waals surface area (Å²) in [6, 6.07) is 3.86. The number of aliphatic hydroxyl groups excluding tert-OH is 1. The summed E-state index contributed by atoms with van der Waals surface area (Å²) >= 11 is 0. The molecule has 1 atom stereocenters. The lowest BCUT2D eigenvalue weighted by atomic mass is 9.98. The Hall–Kier alpha value is -1.42. The molecule has 2 heterocycles. The van der Waals surface area contributed by atoms with Crippen molar-refractivity contribution < 1.29 is 9.90 Å². The number of aryl methyl sites for hydroxylation is 1. The summed E-state index contributed by atoms with van der Waals surface area (Å²) in [6.07, 6.45) is 4.95. The molecule has 4 nitrogen and oxygen atoms in total. The van der Waals surface area contributed by atoms with Crippen LogP contribution in [-0.2, 0) is 11.2 Å². The topological polar surface area (TPSA) is 53.4 Å². The molecule has 0 bridgehead atoms. The number of carbonyl (C=O) groups excluding carboxylic acids is 1. The Morgan fingerprint density at radius 3 is 2.72 bits per heavy atom. The van der Waals surface area contributed by atoms with Gasteiger partial charge in [0.25, 0.3) is 0 Å². The molecular formula is C14H20N2O2. The van der Waals surface area contributed by atoms with Crippen LogP contribution in [0.5, 0.6) is 0 Å². The Balaban J connectivity index is 1.93. The number of carbonyl (C=O) groups is 1. The first kappa shape index (κ1) is 13.0. The summed E-state index contributed by atoms with van der Waals surface area (Å²) in [5.41, 5.74) is 0.686. The van der Waals surface area contributed by atoms with Gasteiger partial charge in [0.05, 0.1) is 11.6 Å². The van der Waals surface area contributed by atoms with Crippen molar-refractivity contribution in [2.24, 2.45) is 0 Å². The quantitative estimate of drug-likeness (QED) is 0.879. The first-order chi connectivity index (χ1) is 8.51. The van der Waals surface area contributed by atoms with Crippen molar-refractivity contribution >= 4 is 5.91 Å². The van der Waals surface area contributed by atoms with E-state index in [9.17, 15) is 9.90 Å². The van der Waals surface area contributed by atoms with Gasteiger partial charge in [-0.05, 0) is 44.4 Å². The maximum atomic E-state index is 12.2. The smallest absolute Gasteiger partial charge is 0.223 e. The number of nitrogens with zero attached hydrogens (tertiary/aromatic N) is 2. The van der Waals surface area contributed by atoms with Crippen molar-refractivity contribution in [1.82, 2.24) is 9.88 Å². The minimum atomic E-state index is -0.435. The predicted octanol–water partition coefficient (Wildman–Crippen LogP) is 1.39. The summed E-state index contributed by atoms with van der Waals surface area (Å²) in [6.45, 7) is 4.51. The van der Waals surface area contributed by atoms with Gasteiger partial charge in [0.1, 0.15) is 0 Å². The fraction of sp³-hybridized carbons (Fsp3) is 0.571. The van der Waals surface area contributed by atoms with Crippen LogP contribution in [0.4, 0.5) is 0 Å². The molecule has 1 amide bonds. The lowest BCUT2D eigenvalue weighted by Gasteiger charge is -2.33. The molecular weight excluding hydrogens is 228 g/mol. The number of aromatic nitrogens is 1. The number of hydrogen-bond donors (Lipinski definition) is 1. The van der Waals surface area contributed by atoms with Gasteiger partial charge >= 0.3 is 0 Å². The lowest BCUT2D eigenvalue weighted by Crippen LogP contribution is -2.48. The van der Waals surface area contributed by atoms with Gasteiger partial charge in [0, 0.05) is 25.4 Å². The number of pyridine rings is 1. The van der Waals surface area contributed by atoms with E-state index in [0.29, 0.717) is 19.4 Å². The Morgan fingerprint density at radius 2 is 2.17 bits per heavy atom. The average Bonchev–Trinajstić information content (AvgIpc) is 2.63. The lowest BCUT2D eigenvalue weighted by molar-refractivity contribution is -0.136. The van der Waals surface area contributed by atoms with Crippen LogP contribution in [0, 0.1) is 0 Å². The second-order valence-electron chi connectivity index (χ2n) is 5.36. The summed E-state index contributed by atoms with van der Waals surface area (Å²) in [4.78, 5) is 17.9. The average molecular weight is 248 g/mol. The second-order valence-corrected chi connectivity index (χ2v) is 5.36. The summed E-state index contributed by atoms with van der Waals surface area (Å²) < 4.78 is 0. The highest BCUT2D eigenvalue weighted by atomic mass is 16.3. The number of rotatable bonds is 3. The molecule has 1 N–H and O–H groups in total. The highest BCUT2D eigenvalue weighted by Gasteiger charge is 2.42. The van der Waals surface area contributed by atoms with Gasteiger partial charge in [-0.3, -0.25) is 9.78 Å². The zero-order valence-corrected chi connectivity index (χ0v) is 11.0. The fourth-order valence-corrected chi connectivity index (χ4v) is 2.45. The van der Waals surface area contributed by atoms with Crippen molar-refractivity contribution in [2.75, 3.05) is 6.54 Å². The number of likely N-dealkylation sites (tertiary alicyclic amines) is 1.